The molecule has 0 heterocycles. The lowest BCUT2D eigenvalue weighted by molar-refractivity contribution is -0.165. The monoisotopic (exact) mass is 202 g/mol. The van der Waals surface area contributed by atoms with Gasteiger partial charge in [0.25, 0.3) is 0 Å². The summed E-state index contributed by atoms with van der Waals surface area (Å²) in [7, 11) is 0.916. The van der Waals surface area contributed by atoms with Crippen LogP contribution in [-0.4, -0.2) is 24.3 Å². The van der Waals surface area contributed by atoms with E-state index >= 15 is 0 Å². The van der Waals surface area contributed by atoms with Crippen LogP contribution in [0.25, 0.3) is 0 Å². The van der Waals surface area contributed by atoms with E-state index in [0.29, 0.717) is 0 Å². The van der Waals surface area contributed by atoms with Gasteiger partial charge >= 0.3 is 11.9 Å². The molecule has 54 valence electrons. The van der Waals surface area contributed by atoms with Gasteiger partial charge in [-0.1, -0.05) is 15.9 Å². The van der Waals surface area contributed by atoms with E-state index in [0.717, 1.165) is 7.11 Å². The van der Waals surface area contributed by atoms with Crippen LogP contribution >= 0.6 is 15.9 Å². The van der Waals surface area contributed by atoms with Crippen molar-refractivity contribution in [3.8, 4) is 0 Å². The molecule has 0 amide bonds. The molecule has 0 atom stereocenters. The van der Waals surface area contributed by atoms with Gasteiger partial charge in [-0.05, 0) is 0 Å². The van der Waals surface area contributed by atoms with E-state index in [9.17, 15) is 13.6 Å². The second-order valence-electron chi connectivity index (χ2n) is 1.33. The van der Waals surface area contributed by atoms with Crippen LogP contribution in [0.3, 0.4) is 0 Å². The molecule has 0 aromatic rings. The van der Waals surface area contributed by atoms with Crippen molar-refractivity contribution in [2.75, 3.05) is 12.4 Å². The number of methoxy groups -OCH3 is 1. The minimum atomic E-state index is -3.39. The SMILES string of the molecule is COC(=O)C(F)(F)CBr. The van der Waals surface area contributed by atoms with Crippen LogP contribution < -0.4 is 0 Å². The Morgan fingerprint density at radius 3 is 2.33 bits per heavy atom. The predicted molar refractivity (Wildman–Crippen MR) is 30.8 cm³/mol. The van der Waals surface area contributed by atoms with Crippen molar-refractivity contribution in [1.82, 2.24) is 0 Å². The number of halogens is 3. The molecule has 9 heavy (non-hydrogen) atoms. The highest BCUT2D eigenvalue weighted by Crippen LogP contribution is 2.17. The molecular formula is C4H5BrF2O2. The van der Waals surface area contributed by atoms with Gasteiger partial charge in [-0.15, -0.1) is 0 Å². The van der Waals surface area contributed by atoms with Gasteiger partial charge < -0.3 is 4.74 Å². The molecule has 0 radical (unpaired) electrons. The molecule has 0 fully saturated rings. The molecule has 0 aliphatic rings. The Balaban J connectivity index is 3.97. The zero-order valence-electron chi connectivity index (χ0n) is 4.66. The highest BCUT2D eigenvalue weighted by molar-refractivity contribution is 9.09. The third-order valence-electron chi connectivity index (χ3n) is 0.652. The maximum atomic E-state index is 12.0. The van der Waals surface area contributed by atoms with Crippen LogP contribution in [0.1, 0.15) is 0 Å². The van der Waals surface area contributed by atoms with Gasteiger partial charge in [-0.2, -0.15) is 8.78 Å². The minimum Gasteiger partial charge on any atom is -0.465 e. The fraction of sp³-hybridized carbons (Fsp3) is 0.750. The zero-order valence-corrected chi connectivity index (χ0v) is 6.24. The van der Waals surface area contributed by atoms with Crippen LogP contribution in [0.5, 0.6) is 0 Å². The van der Waals surface area contributed by atoms with E-state index in [1.54, 1.807) is 0 Å². The Bertz CT molecular complexity index is 115. The molecule has 0 unspecified atom stereocenters. The lowest BCUT2D eigenvalue weighted by atomic mass is 10.4. The molecule has 0 N–H and O–H groups in total. The molecule has 5 heteroatoms. The number of carbonyl (C=O) groups is 1. The fourth-order valence-electron chi connectivity index (χ4n) is 0.204. The number of alkyl halides is 3. The lowest BCUT2D eigenvalue weighted by Crippen LogP contribution is -2.31. The van der Waals surface area contributed by atoms with Crippen LogP contribution in [-0.2, 0) is 9.53 Å². The standard InChI is InChI=1S/C4H5BrF2O2/c1-9-3(8)4(6,7)2-5/h2H2,1H3. The van der Waals surface area contributed by atoms with Crippen molar-refractivity contribution in [1.29, 1.82) is 0 Å². The smallest absolute Gasteiger partial charge is 0.377 e. The minimum absolute atomic E-state index is 0.702. The first kappa shape index (κ1) is 8.81. The molecule has 0 saturated heterocycles. The summed E-state index contributed by atoms with van der Waals surface area (Å²) in [4.78, 5) is 10.1. The zero-order chi connectivity index (χ0) is 7.49. The number of ether oxygens (including phenoxy) is 1. The van der Waals surface area contributed by atoms with Gasteiger partial charge in [-0.25, -0.2) is 4.79 Å². The third-order valence-corrected chi connectivity index (χ3v) is 1.36. The first-order valence-corrected chi connectivity index (χ1v) is 3.19. The summed E-state index contributed by atoms with van der Waals surface area (Å²) in [5.41, 5.74) is 0. The molecule has 0 aromatic heterocycles. The van der Waals surface area contributed by atoms with Crippen molar-refractivity contribution < 1.29 is 18.3 Å². The summed E-state index contributed by atoms with van der Waals surface area (Å²) in [6, 6.07) is 0. The van der Waals surface area contributed by atoms with Crippen molar-refractivity contribution in [2.24, 2.45) is 0 Å². The second-order valence-corrected chi connectivity index (χ2v) is 1.89. The average Bonchev–Trinajstić information content (AvgIpc) is 1.86. The molecule has 0 rings (SSSR count). The molecular weight excluding hydrogens is 198 g/mol. The number of carbonyl (C=O) groups excluding carboxylic acids is 1. The third kappa shape index (κ3) is 2.26. The summed E-state index contributed by atoms with van der Waals surface area (Å²) in [5, 5.41) is -0.702. The summed E-state index contributed by atoms with van der Waals surface area (Å²) < 4.78 is 27.8. The van der Waals surface area contributed by atoms with Crippen molar-refractivity contribution in [2.45, 2.75) is 5.92 Å². The van der Waals surface area contributed by atoms with Crippen LogP contribution in [0.2, 0.25) is 0 Å². The quantitative estimate of drug-likeness (QED) is 0.497. The van der Waals surface area contributed by atoms with Crippen LogP contribution in [0.4, 0.5) is 8.78 Å². The fourth-order valence-corrected chi connectivity index (χ4v) is 0.433. The molecule has 0 aromatic carbocycles. The van der Waals surface area contributed by atoms with E-state index in [4.69, 9.17) is 0 Å². The number of rotatable bonds is 2. The van der Waals surface area contributed by atoms with Crippen molar-refractivity contribution in [3.63, 3.8) is 0 Å². The van der Waals surface area contributed by atoms with Gasteiger partial charge in [0.1, 0.15) is 0 Å². The molecule has 0 bridgehead atoms. The van der Waals surface area contributed by atoms with E-state index in [2.05, 4.69) is 20.7 Å². The number of hydrogen-bond donors (Lipinski definition) is 0. The molecule has 0 spiro atoms. The Labute approximate surface area is 59.3 Å². The first-order chi connectivity index (χ1) is 4.04. The highest BCUT2D eigenvalue weighted by Gasteiger charge is 2.38. The number of esters is 1. The topological polar surface area (TPSA) is 26.3 Å². The van der Waals surface area contributed by atoms with Gasteiger partial charge in [0.2, 0.25) is 0 Å². The summed E-state index contributed by atoms with van der Waals surface area (Å²) in [6.07, 6.45) is 0. The van der Waals surface area contributed by atoms with Crippen molar-refractivity contribution >= 4 is 21.9 Å². The Kier molecular flexibility index (Phi) is 3.03. The number of hydrogen-bond acceptors (Lipinski definition) is 2. The van der Waals surface area contributed by atoms with Crippen LogP contribution in [0.15, 0.2) is 0 Å². The molecule has 0 aliphatic heterocycles. The largest absolute Gasteiger partial charge is 0.465 e. The normalized spacial score (nSPS) is 11.1. The highest BCUT2D eigenvalue weighted by atomic mass is 79.9. The Morgan fingerprint density at radius 1 is 1.78 bits per heavy atom. The average molecular weight is 203 g/mol. The molecule has 0 saturated carbocycles. The summed E-state index contributed by atoms with van der Waals surface area (Å²) in [6.45, 7) is 0. The first-order valence-electron chi connectivity index (χ1n) is 2.07. The summed E-state index contributed by atoms with van der Waals surface area (Å²) in [5.74, 6) is -4.91. The van der Waals surface area contributed by atoms with Crippen LogP contribution in [0, 0.1) is 0 Å². The van der Waals surface area contributed by atoms with E-state index in [-0.39, 0.29) is 0 Å². The van der Waals surface area contributed by atoms with E-state index in [1.807, 2.05) is 0 Å². The second kappa shape index (κ2) is 3.10. The lowest BCUT2D eigenvalue weighted by Gasteiger charge is -2.08. The van der Waals surface area contributed by atoms with Gasteiger partial charge in [-0.3, -0.25) is 0 Å². The molecule has 0 aliphatic carbocycles. The summed E-state index contributed by atoms with van der Waals surface area (Å²) >= 11 is 2.46. The van der Waals surface area contributed by atoms with Gasteiger partial charge in [0.15, 0.2) is 0 Å². The maximum Gasteiger partial charge on any atom is 0.377 e. The molecule has 2 nitrogen and oxygen atoms in total. The van der Waals surface area contributed by atoms with Gasteiger partial charge in [0.05, 0.1) is 12.4 Å². The van der Waals surface area contributed by atoms with E-state index in [1.165, 1.54) is 0 Å². The maximum absolute atomic E-state index is 12.0. The Morgan fingerprint density at radius 2 is 2.22 bits per heavy atom. The predicted octanol–water partition coefficient (Wildman–Crippen LogP) is 1.19. The van der Waals surface area contributed by atoms with Gasteiger partial charge in [0, 0.05) is 0 Å². The van der Waals surface area contributed by atoms with Crippen molar-refractivity contribution in [3.05, 3.63) is 0 Å². The Hall–Kier alpha value is -0.190. The van der Waals surface area contributed by atoms with E-state index < -0.39 is 17.2 Å².